The first kappa shape index (κ1) is 16.5. The van der Waals surface area contributed by atoms with E-state index in [1.165, 1.54) is 5.56 Å². The summed E-state index contributed by atoms with van der Waals surface area (Å²) in [5.41, 5.74) is 2.22. The summed E-state index contributed by atoms with van der Waals surface area (Å²) >= 11 is 3.54. The van der Waals surface area contributed by atoms with Crippen molar-refractivity contribution in [3.63, 3.8) is 0 Å². The summed E-state index contributed by atoms with van der Waals surface area (Å²) in [5, 5.41) is 3.33. The lowest BCUT2D eigenvalue weighted by Crippen LogP contribution is -2.24. The van der Waals surface area contributed by atoms with Crippen LogP contribution in [0.3, 0.4) is 0 Å². The van der Waals surface area contributed by atoms with Crippen LogP contribution < -0.4 is 10.2 Å². The number of hydrogen-bond acceptors (Lipinski definition) is 4. The molecular weight excluding hydrogens is 364 g/mol. The molecule has 0 aliphatic rings. The zero-order valence-corrected chi connectivity index (χ0v) is 15.1. The minimum Gasteiger partial charge on any atom is -0.339 e. The number of aromatic nitrogens is 2. The molecule has 3 rings (SSSR count). The van der Waals surface area contributed by atoms with Crippen LogP contribution in [-0.2, 0) is 6.54 Å². The topological polar surface area (TPSA) is 41.1 Å². The van der Waals surface area contributed by atoms with Gasteiger partial charge in [0.05, 0.1) is 5.69 Å². The van der Waals surface area contributed by atoms with Crippen LogP contribution in [0.25, 0.3) is 0 Å². The van der Waals surface area contributed by atoms with Crippen LogP contribution in [0.1, 0.15) is 12.5 Å². The van der Waals surface area contributed by atoms with Crippen LogP contribution >= 0.6 is 15.9 Å². The van der Waals surface area contributed by atoms with E-state index in [9.17, 15) is 0 Å². The smallest absolute Gasteiger partial charge is 0.227 e. The van der Waals surface area contributed by atoms with Crippen LogP contribution in [0.5, 0.6) is 0 Å². The van der Waals surface area contributed by atoms with Crippen LogP contribution in [0.4, 0.5) is 17.5 Å². The Labute approximate surface area is 150 Å². The molecule has 0 bridgehead atoms. The summed E-state index contributed by atoms with van der Waals surface area (Å²) in [7, 11) is 0. The predicted octanol–water partition coefficient (Wildman–Crippen LogP) is 5.01. The van der Waals surface area contributed by atoms with E-state index in [0.29, 0.717) is 0 Å². The Balaban J connectivity index is 1.79. The lowest BCUT2D eigenvalue weighted by Gasteiger charge is -2.21. The van der Waals surface area contributed by atoms with Gasteiger partial charge in [-0.2, -0.15) is 4.98 Å². The highest BCUT2D eigenvalue weighted by Gasteiger charge is 2.09. The van der Waals surface area contributed by atoms with Gasteiger partial charge < -0.3 is 10.2 Å². The molecule has 0 unspecified atom stereocenters. The third-order valence-corrected chi connectivity index (χ3v) is 4.35. The van der Waals surface area contributed by atoms with Gasteiger partial charge in [0.25, 0.3) is 0 Å². The molecule has 0 radical (unpaired) electrons. The zero-order valence-electron chi connectivity index (χ0n) is 13.5. The number of nitrogens with one attached hydrogen (secondary N) is 1. The Kier molecular flexibility index (Phi) is 5.43. The molecular formula is C19H19BrN4. The Morgan fingerprint density at radius 2 is 1.75 bits per heavy atom. The van der Waals surface area contributed by atoms with E-state index in [-0.39, 0.29) is 0 Å². The van der Waals surface area contributed by atoms with Gasteiger partial charge in [-0.15, -0.1) is 0 Å². The van der Waals surface area contributed by atoms with Gasteiger partial charge in [-0.3, -0.25) is 0 Å². The fourth-order valence-corrected chi connectivity index (χ4v) is 2.78. The fourth-order valence-electron chi connectivity index (χ4n) is 2.40. The molecule has 4 nitrogen and oxygen atoms in total. The van der Waals surface area contributed by atoms with Gasteiger partial charge in [0.2, 0.25) is 5.95 Å². The van der Waals surface area contributed by atoms with Crippen LogP contribution in [0.2, 0.25) is 0 Å². The molecule has 0 saturated carbocycles. The minimum atomic E-state index is 0.721. The first-order chi connectivity index (χ1) is 11.8. The van der Waals surface area contributed by atoms with Gasteiger partial charge in [-0.1, -0.05) is 42.5 Å². The third-order valence-electron chi connectivity index (χ3n) is 3.66. The van der Waals surface area contributed by atoms with Crippen molar-refractivity contribution in [3.8, 4) is 0 Å². The number of para-hydroxylation sites is 1. The molecule has 1 heterocycles. The molecule has 0 aliphatic heterocycles. The SMILES string of the molecule is CCN(Cc1ccccc1)c1nccc(Nc2ccccc2Br)n1. The van der Waals surface area contributed by atoms with E-state index in [0.717, 1.165) is 35.0 Å². The van der Waals surface area contributed by atoms with Crippen molar-refractivity contribution in [3.05, 3.63) is 76.9 Å². The average Bonchev–Trinajstić information content (AvgIpc) is 2.63. The monoisotopic (exact) mass is 382 g/mol. The van der Waals surface area contributed by atoms with E-state index in [1.54, 1.807) is 6.20 Å². The van der Waals surface area contributed by atoms with Crippen molar-refractivity contribution in [2.45, 2.75) is 13.5 Å². The maximum atomic E-state index is 4.66. The van der Waals surface area contributed by atoms with Crippen LogP contribution in [0.15, 0.2) is 71.3 Å². The second kappa shape index (κ2) is 7.93. The maximum absolute atomic E-state index is 4.66. The number of halogens is 1. The lowest BCUT2D eigenvalue weighted by molar-refractivity contribution is 0.792. The molecule has 0 atom stereocenters. The van der Waals surface area contributed by atoms with Gasteiger partial charge in [0.1, 0.15) is 5.82 Å². The van der Waals surface area contributed by atoms with Gasteiger partial charge >= 0.3 is 0 Å². The highest BCUT2D eigenvalue weighted by Crippen LogP contribution is 2.25. The molecule has 1 N–H and O–H groups in total. The summed E-state index contributed by atoms with van der Waals surface area (Å²) in [6.45, 7) is 3.74. The van der Waals surface area contributed by atoms with Crippen molar-refractivity contribution < 1.29 is 0 Å². The summed E-state index contributed by atoms with van der Waals surface area (Å²) in [4.78, 5) is 11.2. The highest BCUT2D eigenvalue weighted by atomic mass is 79.9. The molecule has 0 fully saturated rings. The molecule has 3 aromatic rings. The fraction of sp³-hybridized carbons (Fsp3) is 0.158. The zero-order chi connectivity index (χ0) is 16.8. The number of rotatable bonds is 6. The van der Waals surface area contributed by atoms with Crippen molar-refractivity contribution in [1.29, 1.82) is 0 Å². The first-order valence-electron chi connectivity index (χ1n) is 7.89. The van der Waals surface area contributed by atoms with E-state index >= 15 is 0 Å². The van der Waals surface area contributed by atoms with Gasteiger partial charge in [0.15, 0.2) is 0 Å². The molecule has 0 amide bonds. The largest absolute Gasteiger partial charge is 0.339 e. The summed E-state index contributed by atoms with van der Waals surface area (Å²) in [6, 6.07) is 20.2. The maximum Gasteiger partial charge on any atom is 0.227 e. The van der Waals surface area contributed by atoms with E-state index in [4.69, 9.17) is 0 Å². The van der Waals surface area contributed by atoms with Crippen molar-refractivity contribution in [2.24, 2.45) is 0 Å². The molecule has 0 aliphatic carbocycles. The summed E-state index contributed by atoms with van der Waals surface area (Å²) < 4.78 is 1.00. The van der Waals surface area contributed by atoms with Gasteiger partial charge in [-0.05, 0) is 46.6 Å². The normalized spacial score (nSPS) is 10.4. The average molecular weight is 383 g/mol. The second-order valence-electron chi connectivity index (χ2n) is 5.35. The van der Waals surface area contributed by atoms with Gasteiger partial charge in [-0.25, -0.2) is 4.98 Å². The second-order valence-corrected chi connectivity index (χ2v) is 6.20. The molecule has 122 valence electrons. The quantitative estimate of drug-likeness (QED) is 0.650. The molecule has 0 saturated heterocycles. The van der Waals surface area contributed by atoms with Crippen molar-refractivity contribution in [1.82, 2.24) is 9.97 Å². The summed E-state index contributed by atoms with van der Waals surface area (Å²) in [6.07, 6.45) is 1.79. The standard InChI is InChI=1S/C19H19BrN4/c1-2-24(14-15-8-4-3-5-9-15)19-21-13-12-18(23-19)22-17-11-7-6-10-16(17)20/h3-13H,2,14H2,1H3,(H,21,22,23). The third kappa shape index (κ3) is 4.11. The molecule has 24 heavy (non-hydrogen) atoms. The Bertz CT molecular complexity index is 792. The highest BCUT2D eigenvalue weighted by molar-refractivity contribution is 9.10. The van der Waals surface area contributed by atoms with Gasteiger partial charge in [0, 0.05) is 23.8 Å². The minimum absolute atomic E-state index is 0.721. The van der Waals surface area contributed by atoms with Crippen LogP contribution in [-0.4, -0.2) is 16.5 Å². The number of anilines is 3. The Morgan fingerprint density at radius 1 is 1.00 bits per heavy atom. The molecule has 1 aromatic heterocycles. The van der Waals surface area contributed by atoms with E-state index < -0.39 is 0 Å². The molecule has 5 heteroatoms. The van der Waals surface area contributed by atoms with E-state index in [2.05, 4.69) is 67.3 Å². The number of hydrogen-bond donors (Lipinski definition) is 1. The molecule has 0 spiro atoms. The lowest BCUT2D eigenvalue weighted by atomic mass is 10.2. The predicted molar refractivity (Wildman–Crippen MR) is 103 cm³/mol. The Morgan fingerprint density at radius 3 is 2.50 bits per heavy atom. The van der Waals surface area contributed by atoms with Crippen molar-refractivity contribution in [2.75, 3.05) is 16.8 Å². The Hall–Kier alpha value is -2.40. The first-order valence-corrected chi connectivity index (χ1v) is 8.69. The number of nitrogens with zero attached hydrogens (tertiary/aromatic N) is 3. The van der Waals surface area contributed by atoms with Crippen molar-refractivity contribution >= 4 is 33.4 Å². The van der Waals surface area contributed by atoms with Crippen LogP contribution in [0, 0.1) is 0 Å². The molecule has 2 aromatic carbocycles. The number of benzene rings is 2. The summed E-state index contributed by atoms with van der Waals surface area (Å²) in [5.74, 6) is 1.50. The van der Waals surface area contributed by atoms with E-state index in [1.807, 2.05) is 36.4 Å².